The van der Waals surface area contributed by atoms with Gasteiger partial charge in [0.15, 0.2) is 0 Å². The number of hydrogen-bond acceptors (Lipinski definition) is 4. The van der Waals surface area contributed by atoms with Crippen LogP contribution in [-0.2, 0) is 6.42 Å². The molecule has 17 heavy (non-hydrogen) atoms. The number of aryl methyl sites for hydroxylation is 1. The third-order valence-corrected chi connectivity index (χ3v) is 3.20. The summed E-state index contributed by atoms with van der Waals surface area (Å²) in [4.78, 5) is 6.99. The quantitative estimate of drug-likeness (QED) is 0.839. The molecule has 0 spiro atoms. The van der Waals surface area contributed by atoms with E-state index in [-0.39, 0.29) is 0 Å². The molecule has 1 aromatic rings. The van der Waals surface area contributed by atoms with Gasteiger partial charge in [0.05, 0.1) is 7.11 Å². The zero-order chi connectivity index (χ0) is 12.1. The van der Waals surface area contributed by atoms with Gasteiger partial charge in [0, 0.05) is 50.4 Å². The van der Waals surface area contributed by atoms with Crippen LogP contribution in [0.15, 0.2) is 12.1 Å². The Morgan fingerprint density at radius 3 is 2.82 bits per heavy atom. The number of pyridine rings is 1. The van der Waals surface area contributed by atoms with Gasteiger partial charge in [0.25, 0.3) is 0 Å². The second-order valence-corrected chi connectivity index (χ2v) is 4.47. The summed E-state index contributed by atoms with van der Waals surface area (Å²) in [6, 6.07) is 4.18. The Morgan fingerprint density at radius 2 is 2.12 bits per heavy atom. The van der Waals surface area contributed by atoms with E-state index in [1.54, 1.807) is 7.11 Å². The molecule has 0 saturated carbocycles. The maximum atomic E-state index is 5.24. The van der Waals surface area contributed by atoms with Crippen molar-refractivity contribution in [2.75, 3.05) is 39.8 Å². The minimum atomic E-state index is 0.753. The first-order valence-electron chi connectivity index (χ1n) is 6.23. The molecule has 1 aromatic heterocycles. The van der Waals surface area contributed by atoms with Crippen LogP contribution in [-0.4, -0.2) is 49.7 Å². The van der Waals surface area contributed by atoms with Gasteiger partial charge in [-0.1, -0.05) is 6.07 Å². The largest absolute Gasteiger partial charge is 0.481 e. The highest BCUT2D eigenvalue weighted by atomic mass is 16.5. The van der Waals surface area contributed by atoms with Crippen molar-refractivity contribution in [1.29, 1.82) is 0 Å². The Hall–Kier alpha value is -1.13. The fourth-order valence-corrected chi connectivity index (χ4v) is 2.10. The Morgan fingerprint density at radius 1 is 1.35 bits per heavy atom. The summed E-state index contributed by atoms with van der Waals surface area (Å²) in [6.45, 7) is 7.59. The molecular weight excluding hydrogens is 214 g/mol. The van der Waals surface area contributed by atoms with Crippen molar-refractivity contribution in [1.82, 2.24) is 15.2 Å². The number of ether oxygens (including phenoxy) is 1. The molecule has 1 fully saturated rings. The molecule has 1 saturated heterocycles. The normalized spacial score (nSPS) is 17.1. The molecule has 1 aliphatic rings. The van der Waals surface area contributed by atoms with Crippen molar-refractivity contribution in [2.45, 2.75) is 13.3 Å². The number of nitrogens with zero attached hydrogens (tertiary/aromatic N) is 2. The summed E-state index contributed by atoms with van der Waals surface area (Å²) < 4.78 is 5.24. The number of rotatable bonds is 4. The van der Waals surface area contributed by atoms with Crippen LogP contribution in [0, 0.1) is 6.92 Å². The molecule has 0 amide bonds. The Bertz CT molecular complexity index is 362. The van der Waals surface area contributed by atoms with Crippen LogP contribution in [0.1, 0.15) is 11.3 Å². The van der Waals surface area contributed by atoms with Crippen molar-refractivity contribution in [2.24, 2.45) is 0 Å². The highest BCUT2D eigenvalue weighted by molar-refractivity contribution is 5.26. The fourth-order valence-electron chi connectivity index (χ4n) is 2.10. The summed E-state index contributed by atoms with van der Waals surface area (Å²) >= 11 is 0. The summed E-state index contributed by atoms with van der Waals surface area (Å²) in [5, 5.41) is 3.36. The van der Waals surface area contributed by atoms with Gasteiger partial charge in [0.2, 0.25) is 5.88 Å². The van der Waals surface area contributed by atoms with E-state index in [1.807, 2.05) is 6.92 Å². The van der Waals surface area contributed by atoms with Gasteiger partial charge < -0.3 is 15.0 Å². The lowest BCUT2D eigenvalue weighted by Gasteiger charge is -2.26. The van der Waals surface area contributed by atoms with E-state index in [0.717, 1.165) is 56.3 Å². The van der Waals surface area contributed by atoms with Crippen molar-refractivity contribution in [3.63, 3.8) is 0 Å². The van der Waals surface area contributed by atoms with E-state index >= 15 is 0 Å². The number of aromatic nitrogens is 1. The predicted molar refractivity (Wildman–Crippen MR) is 68.5 cm³/mol. The third kappa shape index (κ3) is 3.41. The van der Waals surface area contributed by atoms with Crippen molar-refractivity contribution < 1.29 is 4.74 Å². The minimum absolute atomic E-state index is 0.753. The van der Waals surface area contributed by atoms with Crippen molar-refractivity contribution >= 4 is 0 Å². The van der Waals surface area contributed by atoms with Gasteiger partial charge in [-0.3, -0.25) is 0 Å². The lowest BCUT2D eigenvalue weighted by molar-refractivity contribution is 0.243. The van der Waals surface area contributed by atoms with Crippen LogP contribution in [0.5, 0.6) is 5.88 Å². The second kappa shape index (κ2) is 5.98. The number of methoxy groups -OCH3 is 1. The lowest BCUT2D eigenvalue weighted by Crippen LogP contribution is -2.44. The van der Waals surface area contributed by atoms with Gasteiger partial charge in [-0.15, -0.1) is 0 Å². The first-order valence-corrected chi connectivity index (χ1v) is 6.23. The van der Waals surface area contributed by atoms with E-state index in [0.29, 0.717) is 0 Å². The lowest BCUT2D eigenvalue weighted by atomic mass is 10.2. The van der Waals surface area contributed by atoms with Gasteiger partial charge >= 0.3 is 0 Å². The molecule has 4 heteroatoms. The average molecular weight is 235 g/mol. The second-order valence-electron chi connectivity index (χ2n) is 4.47. The monoisotopic (exact) mass is 235 g/mol. The van der Waals surface area contributed by atoms with Gasteiger partial charge in [0.1, 0.15) is 0 Å². The number of piperazine rings is 1. The molecule has 94 valence electrons. The highest BCUT2D eigenvalue weighted by Crippen LogP contribution is 2.14. The number of nitrogens with one attached hydrogen (secondary N) is 1. The zero-order valence-corrected chi connectivity index (χ0v) is 10.7. The maximum absolute atomic E-state index is 5.24. The van der Waals surface area contributed by atoms with Crippen LogP contribution in [0.3, 0.4) is 0 Å². The Labute approximate surface area is 103 Å². The maximum Gasteiger partial charge on any atom is 0.216 e. The highest BCUT2D eigenvalue weighted by Gasteiger charge is 2.10. The first kappa shape index (κ1) is 12.3. The van der Waals surface area contributed by atoms with Crippen LogP contribution in [0.25, 0.3) is 0 Å². The molecule has 0 aromatic carbocycles. The third-order valence-electron chi connectivity index (χ3n) is 3.20. The molecule has 0 bridgehead atoms. The zero-order valence-electron chi connectivity index (χ0n) is 10.7. The summed E-state index contributed by atoms with van der Waals surface area (Å²) in [7, 11) is 1.68. The Balaban J connectivity index is 1.89. The summed E-state index contributed by atoms with van der Waals surface area (Å²) in [6.07, 6.45) is 0.997. The van der Waals surface area contributed by atoms with E-state index in [9.17, 15) is 0 Å². The number of hydrogen-bond donors (Lipinski definition) is 1. The standard InChI is InChI=1S/C13H21N3O/c1-11-3-4-12(15-13(11)17-2)5-8-16-9-6-14-7-10-16/h3-4,14H,5-10H2,1-2H3. The molecule has 2 rings (SSSR count). The van der Waals surface area contributed by atoms with Crippen LogP contribution < -0.4 is 10.1 Å². The summed E-state index contributed by atoms with van der Waals surface area (Å²) in [5.41, 5.74) is 2.21. The van der Waals surface area contributed by atoms with E-state index < -0.39 is 0 Å². The Kier molecular flexibility index (Phi) is 4.34. The topological polar surface area (TPSA) is 37.4 Å². The van der Waals surface area contributed by atoms with E-state index in [2.05, 4.69) is 27.3 Å². The molecule has 0 aliphatic carbocycles. The van der Waals surface area contributed by atoms with E-state index in [1.165, 1.54) is 0 Å². The molecule has 4 nitrogen and oxygen atoms in total. The SMILES string of the molecule is COc1nc(CCN2CCNCC2)ccc1C. The summed E-state index contributed by atoms with van der Waals surface area (Å²) in [5.74, 6) is 0.753. The van der Waals surface area contributed by atoms with Crippen molar-refractivity contribution in [3.05, 3.63) is 23.4 Å². The van der Waals surface area contributed by atoms with Crippen LogP contribution >= 0.6 is 0 Å². The predicted octanol–water partition coefficient (Wildman–Crippen LogP) is 0.846. The molecule has 2 heterocycles. The molecular formula is C13H21N3O. The van der Waals surface area contributed by atoms with Gasteiger partial charge in [-0.2, -0.15) is 0 Å². The fraction of sp³-hybridized carbons (Fsp3) is 0.615. The molecule has 0 radical (unpaired) electrons. The first-order chi connectivity index (χ1) is 8.29. The smallest absolute Gasteiger partial charge is 0.216 e. The van der Waals surface area contributed by atoms with Crippen LogP contribution in [0.4, 0.5) is 0 Å². The van der Waals surface area contributed by atoms with Crippen LogP contribution in [0.2, 0.25) is 0 Å². The molecule has 0 unspecified atom stereocenters. The molecule has 0 atom stereocenters. The minimum Gasteiger partial charge on any atom is -0.481 e. The van der Waals surface area contributed by atoms with Crippen molar-refractivity contribution in [3.8, 4) is 5.88 Å². The molecule has 1 aliphatic heterocycles. The van der Waals surface area contributed by atoms with Gasteiger partial charge in [-0.25, -0.2) is 4.98 Å². The average Bonchev–Trinajstić information content (AvgIpc) is 2.39. The van der Waals surface area contributed by atoms with E-state index in [4.69, 9.17) is 4.74 Å². The van der Waals surface area contributed by atoms with Gasteiger partial charge in [-0.05, 0) is 13.0 Å². The molecule has 1 N–H and O–H groups in total.